The first-order valence-corrected chi connectivity index (χ1v) is 4.37. The van der Waals surface area contributed by atoms with Crippen LogP contribution in [0, 0.1) is 0 Å². The van der Waals surface area contributed by atoms with Crippen molar-refractivity contribution in [2.24, 2.45) is 5.73 Å². The van der Waals surface area contributed by atoms with Gasteiger partial charge < -0.3 is 15.9 Å². The molecule has 0 fully saturated rings. The first-order valence-electron chi connectivity index (χ1n) is 4.37. The van der Waals surface area contributed by atoms with Crippen molar-refractivity contribution >= 4 is 12.4 Å². The second kappa shape index (κ2) is 5.86. The Morgan fingerprint density at radius 1 is 1.43 bits per heavy atom. The van der Waals surface area contributed by atoms with Gasteiger partial charge in [-0.05, 0) is 24.1 Å². The van der Waals surface area contributed by atoms with Gasteiger partial charge in [-0.15, -0.1) is 12.4 Å². The average molecular weight is 218 g/mol. The lowest BCUT2D eigenvalue weighted by Crippen LogP contribution is -2.25. The highest BCUT2D eigenvalue weighted by atomic mass is 35.5. The number of rotatable bonds is 3. The minimum absolute atomic E-state index is 0. The molecule has 0 bridgehead atoms. The van der Waals surface area contributed by atoms with Crippen LogP contribution in [0.4, 0.5) is 0 Å². The molecule has 0 unspecified atom stereocenters. The molecule has 0 amide bonds. The van der Waals surface area contributed by atoms with Crippen LogP contribution in [0.2, 0.25) is 0 Å². The summed E-state index contributed by atoms with van der Waals surface area (Å²) < 4.78 is 0. The van der Waals surface area contributed by atoms with Gasteiger partial charge in [0.15, 0.2) is 0 Å². The smallest absolute Gasteiger partial charge is 0.115 e. The zero-order valence-corrected chi connectivity index (χ0v) is 8.87. The van der Waals surface area contributed by atoms with E-state index in [2.05, 4.69) is 0 Å². The molecule has 0 saturated heterocycles. The predicted octanol–water partition coefficient (Wildman–Crippen LogP) is 1.58. The number of aromatic hydroxyl groups is 1. The molecule has 1 aromatic rings. The molecule has 0 saturated carbocycles. The fraction of sp³-hybridized carbons (Fsp3) is 0.400. The first-order chi connectivity index (χ1) is 6.15. The van der Waals surface area contributed by atoms with E-state index in [-0.39, 0.29) is 18.2 Å². The summed E-state index contributed by atoms with van der Waals surface area (Å²) in [5.41, 5.74) is 6.52. The van der Waals surface area contributed by atoms with Gasteiger partial charge in [-0.2, -0.15) is 0 Å². The molecule has 0 aromatic heterocycles. The Balaban J connectivity index is 0.00000169. The Morgan fingerprint density at radius 2 is 2.07 bits per heavy atom. The molecule has 0 radical (unpaired) electrons. The third-order valence-corrected chi connectivity index (χ3v) is 2.09. The van der Waals surface area contributed by atoms with Gasteiger partial charge in [-0.3, -0.25) is 0 Å². The molecule has 14 heavy (non-hydrogen) atoms. The van der Waals surface area contributed by atoms with E-state index in [1.54, 1.807) is 24.3 Å². The van der Waals surface area contributed by atoms with Crippen LogP contribution in [-0.2, 0) is 0 Å². The van der Waals surface area contributed by atoms with Gasteiger partial charge in [-0.1, -0.05) is 19.1 Å². The van der Waals surface area contributed by atoms with Gasteiger partial charge in [0, 0.05) is 0 Å². The maximum absolute atomic E-state index is 9.46. The predicted molar refractivity (Wildman–Crippen MR) is 58.6 cm³/mol. The molecule has 0 aliphatic rings. The van der Waals surface area contributed by atoms with Gasteiger partial charge >= 0.3 is 0 Å². The molecule has 4 heteroatoms. The molecule has 80 valence electrons. The van der Waals surface area contributed by atoms with Crippen molar-refractivity contribution in [2.45, 2.75) is 25.5 Å². The van der Waals surface area contributed by atoms with Crippen molar-refractivity contribution < 1.29 is 10.2 Å². The monoisotopic (exact) mass is 217 g/mol. The fourth-order valence-electron chi connectivity index (χ4n) is 1.21. The van der Waals surface area contributed by atoms with Crippen LogP contribution in [0.25, 0.3) is 0 Å². The number of phenolic OH excluding ortho intramolecular Hbond substituents is 1. The molecule has 2 atom stereocenters. The summed E-state index contributed by atoms with van der Waals surface area (Å²) in [7, 11) is 0. The van der Waals surface area contributed by atoms with E-state index in [1.807, 2.05) is 6.92 Å². The highest BCUT2D eigenvalue weighted by molar-refractivity contribution is 5.85. The van der Waals surface area contributed by atoms with Crippen LogP contribution >= 0.6 is 12.4 Å². The number of aliphatic hydroxyl groups excluding tert-OH is 1. The number of hydrogen-bond acceptors (Lipinski definition) is 3. The van der Waals surface area contributed by atoms with E-state index in [0.717, 1.165) is 5.56 Å². The number of halogens is 1. The van der Waals surface area contributed by atoms with Crippen LogP contribution in [0.1, 0.15) is 24.9 Å². The van der Waals surface area contributed by atoms with Crippen LogP contribution < -0.4 is 5.73 Å². The SMILES string of the molecule is CC[C@@H](O)[C@@H](N)c1cccc(O)c1.Cl. The second-order valence-electron chi connectivity index (χ2n) is 3.10. The zero-order chi connectivity index (χ0) is 9.84. The number of benzene rings is 1. The maximum atomic E-state index is 9.46. The standard InChI is InChI=1S/C10H15NO2.ClH/c1-2-9(13)10(11)7-4-3-5-8(12)6-7;/h3-6,9-10,12-13H,2,11H2,1H3;1H/t9-,10+;/m1./s1. The van der Waals surface area contributed by atoms with E-state index >= 15 is 0 Å². The first kappa shape index (κ1) is 13.2. The van der Waals surface area contributed by atoms with Crippen molar-refractivity contribution in [1.82, 2.24) is 0 Å². The van der Waals surface area contributed by atoms with Crippen LogP contribution in [-0.4, -0.2) is 16.3 Å². The lowest BCUT2D eigenvalue weighted by molar-refractivity contribution is 0.140. The maximum Gasteiger partial charge on any atom is 0.115 e. The molecule has 4 N–H and O–H groups in total. The van der Waals surface area contributed by atoms with E-state index in [4.69, 9.17) is 5.73 Å². The van der Waals surface area contributed by atoms with Gasteiger partial charge in [0.2, 0.25) is 0 Å². The van der Waals surface area contributed by atoms with E-state index in [9.17, 15) is 10.2 Å². The van der Waals surface area contributed by atoms with E-state index in [0.29, 0.717) is 6.42 Å². The van der Waals surface area contributed by atoms with Crippen LogP contribution in [0.3, 0.4) is 0 Å². The summed E-state index contributed by atoms with van der Waals surface area (Å²) >= 11 is 0. The van der Waals surface area contributed by atoms with Crippen LogP contribution in [0.5, 0.6) is 5.75 Å². The summed E-state index contributed by atoms with van der Waals surface area (Å²) in [4.78, 5) is 0. The third kappa shape index (κ3) is 3.18. The summed E-state index contributed by atoms with van der Waals surface area (Å²) in [5, 5.41) is 18.6. The van der Waals surface area contributed by atoms with Crippen molar-refractivity contribution in [3.63, 3.8) is 0 Å². The number of hydrogen-bond donors (Lipinski definition) is 3. The number of phenols is 1. The molecule has 0 aliphatic carbocycles. The zero-order valence-electron chi connectivity index (χ0n) is 8.05. The summed E-state index contributed by atoms with van der Waals surface area (Å²) in [6, 6.07) is 6.24. The molecule has 1 rings (SSSR count). The topological polar surface area (TPSA) is 66.5 Å². The highest BCUT2D eigenvalue weighted by Crippen LogP contribution is 2.20. The molecule has 0 aliphatic heterocycles. The quantitative estimate of drug-likeness (QED) is 0.720. The largest absolute Gasteiger partial charge is 0.508 e. The lowest BCUT2D eigenvalue weighted by Gasteiger charge is -2.17. The minimum Gasteiger partial charge on any atom is -0.508 e. The van der Waals surface area contributed by atoms with Crippen molar-refractivity contribution in [3.05, 3.63) is 29.8 Å². The Labute approximate surface area is 90.0 Å². The van der Waals surface area contributed by atoms with Gasteiger partial charge in [0.1, 0.15) is 5.75 Å². The van der Waals surface area contributed by atoms with E-state index < -0.39 is 12.1 Å². The van der Waals surface area contributed by atoms with Gasteiger partial charge in [0.05, 0.1) is 12.1 Å². The minimum atomic E-state index is -0.554. The lowest BCUT2D eigenvalue weighted by atomic mass is 10.0. The summed E-state index contributed by atoms with van der Waals surface area (Å²) in [6.07, 6.45) is 0.0541. The average Bonchev–Trinajstić information content (AvgIpc) is 2.15. The van der Waals surface area contributed by atoms with Gasteiger partial charge in [0.25, 0.3) is 0 Å². The molecular weight excluding hydrogens is 202 g/mol. The van der Waals surface area contributed by atoms with Crippen LogP contribution in [0.15, 0.2) is 24.3 Å². The van der Waals surface area contributed by atoms with Crippen molar-refractivity contribution in [2.75, 3.05) is 0 Å². The Hall–Kier alpha value is -0.770. The molecule has 0 heterocycles. The normalized spacial score (nSPS) is 14.2. The molecule has 0 spiro atoms. The highest BCUT2D eigenvalue weighted by Gasteiger charge is 2.14. The Kier molecular flexibility index (Phi) is 5.53. The summed E-state index contributed by atoms with van der Waals surface area (Å²) in [5.74, 6) is 0.177. The van der Waals surface area contributed by atoms with E-state index in [1.165, 1.54) is 0 Å². The fourth-order valence-corrected chi connectivity index (χ4v) is 1.21. The van der Waals surface area contributed by atoms with Gasteiger partial charge in [-0.25, -0.2) is 0 Å². The number of aliphatic hydroxyl groups is 1. The Bertz CT molecular complexity index is 281. The summed E-state index contributed by atoms with van der Waals surface area (Å²) in [6.45, 7) is 1.87. The second-order valence-corrected chi connectivity index (χ2v) is 3.10. The molecular formula is C10H16ClNO2. The molecule has 1 aromatic carbocycles. The van der Waals surface area contributed by atoms with Crippen molar-refractivity contribution in [1.29, 1.82) is 0 Å². The third-order valence-electron chi connectivity index (χ3n) is 2.09. The Morgan fingerprint density at radius 3 is 2.57 bits per heavy atom. The molecule has 3 nitrogen and oxygen atoms in total. The van der Waals surface area contributed by atoms with Crippen molar-refractivity contribution in [3.8, 4) is 5.75 Å². The number of nitrogens with two attached hydrogens (primary N) is 1.